The molecule has 3 aliphatic carbocycles. The largest absolute Gasteiger partial charge is 0.383 e. The van der Waals surface area contributed by atoms with Gasteiger partial charge >= 0.3 is 6.03 Å². The Morgan fingerprint density at radius 3 is 2.51 bits per heavy atom. The van der Waals surface area contributed by atoms with Crippen LogP contribution in [0.15, 0.2) is 60.8 Å². The molecule has 2 heterocycles. The van der Waals surface area contributed by atoms with Crippen molar-refractivity contribution >= 4 is 29.2 Å². The Labute approximate surface area is 264 Å². The summed E-state index contributed by atoms with van der Waals surface area (Å²) in [7, 11) is 1.72. The lowest BCUT2D eigenvalue weighted by molar-refractivity contribution is -0.119. The normalized spacial score (nSPS) is 22.8. The Balaban J connectivity index is 1.11. The zero-order valence-corrected chi connectivity index (χ0v) is 26.0. The first-order chi connectivity index (χ1) is 21.8. The molecule has 1 aliphatic heterocycles. The van der Waals surface area contributed by atoms with Crippen molar-refractivity contribution in [2.75, 3.05) is 30.3 Å². The highest BCUT2D eigenvalue weighted by molar-refractivity contribution is 6.00. The van der Waals surface area contributed by atoms with Gasteiger partial charge in [0.1, 0.15) is 11.7 Å². The van der Waals surface area contributed by atoms with E-state index in [1.165, 1.54) is 10.2 Å². The molecule has 3 fully saturated rings. The van der Waals surface area contributed by atoms with Crippen LogP contribution in [-0.2, 0) is 24.7 Å². The van der Waals surface area contributed by atoms with Crippen LogP contribution in [0.3, 0.4) is 0 Å². The fourth-order valence-corrected chi connectivity index (χ4v) is 7.66. The zero-order valence-electron chi connectivity index (χ0n) is 26.0. The van der Waals surface area contributed by atoms with Crippen molar-refractivity contribution < 1.29 is 14.4 Å². The minimum Gasteiger partial charge on any atom is -0.383 e. The molecule has 2 aromatic carbocycles. The number of hydrogen-bond donors (Lipinski definition) is 4. The molecule has 10 nitrogen and oxygen atoms in total. The highest BCUT2D eigenvalue weighted by atomic mass is 16.2. The molecule has 3 aromatic rings. The fraction of sp³-hybridized carbons (Fsp3) is 0.486. The van der Waals surface area contributed by atoms with Gasteiger partial charge in [-0.25, -0.2) is 4.79 Å². The summed E-state index contributed by atoms with van der Waals surface area (Å²) in [5.74, 6) is -0.411. The highest BCUT2D eigenvalue weighted by Crippen LogP contribution is 2.49. The topological polar surface area (TPSA) is 120 Å². The number of nitrogens with zero attached hydrogens (tertiary/aromatic N) is 3. The highest BCUT2D eigenvalue weighted by Gasteiger charge is 2.54. The number of aryl methyl sites for hydroxylation is 1. The van der Waals surface area contributed by atoms with Crippen LogP contribution in [0.5, 0.6) is 0 Å². The SMILES string of the molecule is Cn1nccc1C(=O)N[C@H](C(=O)Nc1ccc2c(c1)CC(CNc1ccccc1)(N1CC3(CC3)CNC1=O)C2)C1CCCCC1. The van der Waals surface area contributed by atoms with Gasteiger partial charge in [-0.1, -0.05) is 43.5 Å². The van der Waals surface area contributed by atoms with Crippen molar-refractivity contribution in [2.24, 2.45) is 18.4 Å². The van der Waals surface area contributed by atoms with E-state index in [4.69, 9.17) is 0 Å². The van der Waals surface area contributed by atoms with Gasteiger partial charge in [0.05, 0.1) is 5.54 Å². The molecule has 2 saturated carbocycles. The molecule has 1 unspecified atom stereocenters. The first-order valence-electron chi connectivity index (χ1n) is 16.4. The van der Waals surface area contributed by atoms with Crippen LogP contribution in [0.1, 0.15) is 66.6 Å². The molecule has 7 rings (SSSR count). The van der Waals surface area contributed by atoms with Gasteiger partial charge in [0.15, 0.2) is 0 Å². The summed E-state index contributed by atoms with van der Waals surface area (Å²) in [5, 5.41) is 17.1. The molecular weight excluding hydrogens is 566 g/mol. The molecule has 4 aliphatic rings. The fourth-order valence-electron chi connectivity index (χ4n) is 7.66. The van der Waals surface area contributed by atoms with E-state index >= 15 is 0 Å². The van der Waals surface area contributed by atoms with Crippen molar-refractivity contribution in [3.05, 3.63) is 77.6 Å². The summed E-state index contributed by atoms with van der Waals surface area (Å²) >= 11 is 0. The average molecular weight is 610 g/mol. The number of para-hydroxylation sites is 1. The number of amides is 4. The minimum atomic E-state index is -0.637. The number of hydrogen-bond acceptors (Lipinski definition) is 5. The number of anilines is 2. The molecule has 0 radical (unpaired) electrons. The molecule has 4 amide bonds. The van der Waals surface area contributed by atoms with Crippen molar-refractivity contribution in [3.8, 4) is 0 Å². The van der Waals surface area contributed by atoms with E-state index < -0.39 is 11.6 Å². The lowest BCUT2D eigenvalue weighted by atomic mass is 9.83. The molecule has 10 heteroatoms. The smallest absolute Gasteiger partial charge is 0.317 e. The van der Waals surface area contributed by atoms with Crippen molar-refractivity contribution in [2.45, 2.75) is 69.4 Å². The molecule has 1 saturated heterocycles. The summed E-state index contributed by atoms with van der Waals surface area (Å²) in [4.78, 5) is 42.5. The van der Waals surface area contributed by atoms with E-state index in [0.717, 1.165) is 75.7 Å². The second-order valence-electron chi connectivity index (χ2n) is 13.7. The van der Waals surface area contributed by atoms with E-state index in [2.05, 4.69) is 55.5 Å². The van der Waals surface area contributed by atoms with Crippen molar-refractivity contribution in [3.63, 3.8) is 0 Å². The Morgan fingerprint density at radius 1 is 1.00 bits per heavy atom. The summed E-state index contributed by atoms with van der Waals surface area (Å²) < 4.78 is 1.53. The van der Waals surface area contributed by atoms with Crippen molar-refractivity contribution in [1.29, 1.82) is 0 Å². The van der Waals surface area contributed by atoms with E-state index in [1.54, 1.807) is 19.3 Å². The van der Waals surface area contributed by atoms with Gasteiger partial charge in [0.25, 0.3) is 5.91 Å². The molecule has 1 spiro atoms. The molecule has 2 atom stereocenters. The van der Waals surface area contributed by atoms with Crippen LogP contribution in [0.2, 0.25) is 0 Å². The maximum absolute atomic E-state index is 13.8. The van der Waals surface area contributed by atoms with E-state index in [-0.39, 0.29) is 29.2 Å². The van der Waals surface area contributed by atoms with Crippen molar-refractivity contribution in [1.82, 2.24) is 25.3 Å². The van der Waals surface area contributed by atoms with Crippen LogP contribution in [0.4, 0.5) is 16.2 Å². The molecule has 236 valence electrons. The Bertz CT molecular complexity index is 1580. The quantitative estimate of drug-likeness (QED) is 0.285. The lowest BCUT2D eigenvalue weighted by Crippen LogP contribution is -2.64. The van der Waals surface area contributed by atoms with Gasteiger partial charge in [0.2, 0.25) is 5.91 Å². The van der Waals surface area contributed by atoms with Crippen LogP contribution in [0.25, 0.3) is 0 Å². The minimum absolute atomic E-state index is 0.00297. The van der Waals surface area contributed by atoms with E-state index in [9.17, 15) is 14.4 Å². The number of benzene rings is 2. The molecule has 4 N–H and O–H groups in total. The number of nitrogens with one attached hydrogen (secondary N) is 4. The second kappa shape index (κ2) is 11.9. The van der Waals surface area contributed by atoms with Gasteiger partial charge in [-0.3, -0.25) is 14.3 Å². The van der Waals surface area contributed by atoms with Gasteiger partial charge in [-0.15, -0.1) is 0 Å². The maximum Gasteiger partial charge on any atom is 0.317 e. The molecule has 0 bridgehead atoms. The Morgan fingerprint density at radius 2 is 1.78 bits per heavy atom. The van der Waals surface area contributed by atoms with E-state index in [1.807, 2.05) is 24.3 Å². The number of aromatic nitrogens is 2. The average Bonchev–Trinajstić information content (AvgIpc) is 3.49. The van der Waals surface area contributed by atoms with Gasteiger partial charge < -0.3 is 26.2 Å². The summed E-state index contributed by atoms with van der Waals surface area (Å²) in [6.07, 6.45) is 10.4. The van der Waals surface area contributed by atoms with Crippen LogP contribution in [0, 0.1) is 11.3 Å². The number of fused-ring (bicyclic) bond motifs is 1. The monoisotopic (exact) mass is 609 g/mol. The summed E-state index contributed by atoms with van der Waals surface area (Å²) in [5.41, 5.74) is 4.26. The molecule has 1 aromatic heterocycles. The third-order valence-electron chi connectivity index (χ3n) is 10.5. The zero-order chi connectivity index (χ0) is 31.0. The molecule has 45 heavy (non-hydrogen) atoms. The lowest BCUT2D eigenvalue weighted by Gasteiger charge is -2.46. The predicted octanol–water partition coefficient (Wildman–Crippen LogP) is 4.49. The summed E-state index contributed by atoms with van der Waals surface area (Å²) in [6, 6.07) is 17.3. The maximum atomic E-state index is 13.8. The third kappa shape index (κ3) is 6.02. The number of rotatable bonds is 9. The number of urea groups is 1. The Hall–Kier alpha value is -4.34. The van der Waals surface area contributed by atoms with Crippen LogP contribution >= 0.6 is 0 Å². The first kappa shape index (κ1) is 29.4. The van der Waals surface area contributed by atoms with E-state index in [0.29, 0.717) is 24.3 Å². The van der Waals surface area contributed by atoms with Crippen LogP contribution < -0.4 is 21.3 Å². The predicted molar refractivity (Wildman–Crippen MR) is 173 cm³/mol. The first-order valence-corrected chi connectivity index (χ1v) is 16.4. The van der Waals surface area contributed by atoms with Gasteiger partial charge in [0, 0.05) is 49.7 Å². The second-order valence-corrected chi connectivity index (χ2v) is 13.7. The van der Waals surface area contributed by atoms with Crippen LogP contribution in [-0.4, -0.2) is 63.7 Å². The summed E-state index contributed by atoms with van der Waals surface area (Å²) in [6.45, 7) is 2.15. The van der Waals surface area contributed by atoms with Gasteiger partial charge in [-0.05, 0) is 85.9 Å². The molecular formula is C35H43N7O3. The standard InChI is InChI=1S/C35H43N7O3/c1-41-29(14-17-38-41)31(43)40-30(24-8-4-2-5-9-24)32(44)39-28-13-12-25-19-35(20-26(25)18-28,22-36-27-10-6-3-7-11-27)42-23-34(15-16-34)21-37-33(42)45/h3,6-7,10-14,17-18,24,30,36H,2,4-5,8-9,15-16,19-23H2,1H3,(H,37,45)(H,39,44)(H,40,43)/t30-,35?/m0/s1. The number of carbonyl (C=O) groups excluding carboxylic acids is 3. The van der Waals surface area contributed by atoms with Gasteiger partial charge in [-0.2, -0.15) is 5.10 Å². The third-order valence-corrected chi connectivity index (χ3v) is 10.5. The number of carbonyl (C=O) groups is 3. The Kier molecular flexibility index (Phi) is 7.75.